The molecule has 0 bridgehead atoms. The Morgan fingerprint density at radius 1 is 1.31 bits per heavy atom. The molecule has 1 fully saturated rings. The number of nitrogens with two attached hydrogens (primary N) is 1. The first kappa shape index (κ1) is 11.3. The summed E-state index contributed by atoms with van der Waals surface area (Å²) in [5, 5.41) is 0. The zero-order valence-electron chi connectivity index (χ0n) is 10.1. The van der Waals surface area contributed by atoms with Crippen molar-refractivity contribution in [2.75, 3.05) is 18.0 Å². The minimum atomic E-state index is 0.00964. The fourth-order valence-electron chi connectivity index (χ4n) is 2.16. The minimum Gasteiger partial charge on any atom is -0.341 e. The lowest BCUT2D eigenvalue weighted by atomic mass is 10.1. The fourth-order valence-corrected chi connectivity index (χ4v) is 2.16. The molecule has 4 nitrogen and oxygen atoms in total. The van der Waals surface area contributed by atoms with E-state index < -0.39 is 0 Å². The van der Waals surface area contributed by atoms with Crippen molar-refractivity contribution in [3.63, 3.8) is 0 Å². The van der Waals surface area contributed by atoms with Crippen LogP contribution in [-0.4, -0.2) is 23.1 Å². The van der Waals surface area contributed by atoms with E-state index in [2.05, 4.69) is 14.9 Å². The van der Waals surface area contributed by atoms with Crippen LogP contribution >= 0.6 is 0 Å². The lowest BCUT2D eigenvalue weighted by molar-refractivity contribution is 0.567. The summed E-state index contributed by atoms with van der Waals surface area (Å²) in [5.74, 6) is 0.863. The van der Waals surface area contributed by atoms with Crippen molar-refractivity contribution in [1.82, 2.24) is 9.97 Å². The first-order valence-electron chi connectivity index (χ1n) is 6.02. The molecule has 0 unspecified atom stereocenters. The molecule has 0 amide bonds. The van der Waals surface area contributed by atoms with Crippen LogP contribution in [0.5, 0.6) is 0 Å². The van der Waals surface area contributed by atoms with E-state index in [1.54, 1.807) is 0 Å². The standard InChI is InChI=1S/C12H20N4/c1-9(13)11-8-14-12(15-10(11)2)16-6-4-3-5-7-16/h8-9H,3-7,13H2,1-2H3/t9-/m0/s1. The topological polar surface area (TPSA) is 55.0 Å². The predicted octanol–water partition coefficient (Wildman–Crippen LogP) is 1.80. The van der Waals surface area contributed by atoms with Gasteiger partial charge in [0.25, 0.3) is 0 Å². The number of nitrogens with zero attached hydrogens (tertiary/aromatic N) is 3. The van der Waals surface area contributed by atoms with Crippen molar-refractivity contribution in [2.24, 2.45) is 5.73 Å². The summed E-state index contributed by atoms with van der Waals surface area (Å²) in [5.41, 5.74) is 7.90. The summed E-state index contributed by atoms with van der Waals surface area (Å²) in [7, 11) is 0. The average molecular weight is 220 g/mol. The maximum absolute atomic E-state index is 5.85. The van der Waals surface area contributed by atoms with Crippen LogP contribution in [0.15, 0.2) is 6.20 Å². The molecule has 16 heavy (non-hydrogen) atoms. The Labute approximate surface area is 96.9 Å². The van der Waals surface area contributed by atoms with Gasteiger partial charge in [-0.05, 0) is 33.1 Å². The summed E-state index contributed by atoms with van der Waals surface area (Å²) in [6.07, 6.45) is 5.69. The Morgan fingerprint density at radius 2 is 2.00 bits per heavy atom. The van der Waals surface area contributed by atoms with E-state index in [0.29, 0.717) is 0 Å². The molecule has 88 valence electrons. The highest BCUT2D eigenvalue weighted by Gasteiger charge is 2.15. The summed E-state index contributed by atoms with van der Waals surface area (Å²) in [4.78, 5) is 11.2. The molecule has 0 radical (unpaired) electrons. The third-order valence-electron chi connectivity index (χ3n) is 3.13. The quantitative estimate of drug-likeness (QED) is 0.825. The van der Waals surface area contributed by atoms with E-state index in [1.807, 2.05) is 20.0 Å². The molecule has 1 saturated heterocycles. The fraction of sp³-hybridized carbons (Fsp3) is 0.667. The number of hydrogen-bond donors (Lipinski definition) is 1. The van der Waals surface area contributed by atoms with Crippen LogP contribution in [0.25, 0.3) is 0 Å². The third kappa shape index (κ3) is 2.32. The summed E-state index contributed by atoms with van der Waals surface area (Å²) < 4.78 is 0. The van der Waals surface area contributed by atoms with Crippen molar-refractivity contribution in [3.05, 3.63) is 17.5 Å². The largest absolute Gasteiger partial charge is 0.341 e. The summed E-state index contributed by atoms with van der Waals surface area (Å²) in [6.45, 7) is 6.13. The second-order valence-electron chi connectivity index (χ2n) is 4.55. The molecule has 0 saturated carbocycles. The average Bonchev–Trinajstić information content (AvgIpc) is 2.29. The number of aryl methyl sites for hydroxylation is 1. The van der Waals surface area contributed by atoms with Gasteiger partial charge in [-0.1, -0.05) is 0 Å². The third-order valence-corrected chi connectivity index (χ3v) is 3.13. The van der Waals surface area contributed by atoms with E-state index >= 15 is 0 Å². The van der Waals surface area contributed by atoms with Gasteiger partial charge in [0.05, 0.1) is 0 Å². The number of aromatic nitrogens is 2. The highest BCUT2D eigenvalue weighted by Crippen LogP contribution is 2.18. The van der Waals surface area contributed by atoms with Gasteiger partial charge < -0.3 is 10.6 Å². The smallest absolute Gasteiger partial charge is 0.225 e. The maximum atomic E-state index is 5.85. The van der Waals surface area contributed by atoms with Gasteiger partial charge in [0, 0.05) is 36.6 Å². The molecule has 1 atom stereocenters. The van der Waals surface area contributed by atoms with E-state index in [4.69, 9.17) is 5.73 Å². The van der Waals surface area contributed by atoms with Crippen LogP contribution in [0, 0.1) is 6.92 Å². The van der Waals surface area contributed by atoms with Crippen molar-refractivity contribution in [2.45, 2.75) is 39.2 Å². The van der Waals surface area contributed by atoms with E-state index in [1.165, 1.54) is 19.3 Å². The van der Waals surface area contributed by atoms with Gasteiger partial charge in [-0.15, -0.1) is 0 Å². The highest BCUT2D eigenvalue weighted by atomic mass is 15.2. The minimum absolute atomic E-state index is 0.00964. The molecule has 4 heteroatoms. The van der Waals surface area contributed by atoms with Crippen molar-refractivity contribution in [1.29, 1.82) is 0 Å². The number of hydrogen-bond acceptors (Lipinski definition) is 4. The molecule has 1 aliphatic rings. The summed E-state index contributed by atoms with van der Waals surface area (Å²) in [6, 6.07) is 0.00964. The molecule has 2 N–H and O–H groups in total. The van der Waals surface area contributed by atoms with Gasteiger partial charge in [0.1, 0.15) is 0 Å². The molecule has 2 rings (SSSR count). The van der Waals surface area contributed by atoms with Gasteiger partial charge in [0.15, 0.2) is 0 Å². The lowest BCUT2D eigenvalue weighted by Gasteiger charge is -2.27. The van der Waals surface area contributed by atoms with Crippen LogP contribution in [-0.2, 0) is 0 Å². The SMILES string of the molecule is Cc1nc(N2CCCCC2)ncc1[C@H](C)N. The molecule has 1 aromatic rings. The second-order valence-corrected chi connectivity index (χ2v) is 4.55. The van der Waals surface area contributed by atoms with E-state index in [-0.39, 0.29) is 6.04 Å². The van der Waals surface area contributed by atoms with Crippen LogP contribution in [0.4, 0.5) is 5.95 Å². The predicted molar refractivity (Wildman–Crippen MR) is 65.4 cm³/mol. The molecular formula is C12H20N4. The molecule has 0 aromatic carbocycles. The monoisotopic (exact) mass is 220 g/mol. The Kier molecular flexibility index (Phi) is 3.39. The Morgan fingerprint density at radius 3 is 2.56 bits per heavy atom. The van der Waals surface area contributed by atoms with Crippen molar-refractivity contribution in [3.8, 4) is 0 Å². The van der Waals surface area contributed by atoms with Gasteiger partial charge >= 0.3 is 0 Å². The Bertz CT molecular complexity index is 356. The molecular weight excluding hydrogens is 200 g/mol. The van der Waals surface area contributed by atoms with Crippen LogP contribution in [0.1, 0.15) is 43.5 Å². The number of piperidine rings is 1. The molecule has 1 aromatic heterocycles. The second kappa shape index (κ2) is 4.78. The highest BCUT2D eigenvalue weighted by molar-refractivity contribution is 5.34. The maximum Gasteiger partial charge on any atom is 0.225 e. The first-order valence-corrected chi connectivity index (χ1v) is 6.02. The van der Waals surface area contributed by atoms with Crippen LogP contribution < -0.4 is 10.6 Å². The normalized spacial score (nSPS) is 18.6. The van der Waals surface area contributed by atoms with Gasteiger partial charge in [-0.25, -0.2) is 9.97 Å². The molecule has 2 heterocycles. The van der Waals surface area contributed by atoms with E-state index in [0.717, 1.165) is 30.3 Å². The zero-order valence-corrected chi connectivity index (χ0v) is 10.1. The number of rotatable bonds is 2. The molecule has 0 aliphatic carbocycles. The number of anilines is 1. The van der Waals surface area contributed by atoms with Crippen molar-refractivity contribution < 1.29 is 0 Å². The Hall–Kier alpha value is -1.16. The Balaban J connectivity index is 2.19. The van der Waals surface area contributed by atoms with Crippen molar-refractivity contribution >= 4 is 5.95 Å². The van der Waals surface area contributed by atoms with Gasteiger partial charge in [-0.3, -0.25) is 0 Å². The summed E-state index contributed by atoms with van der Waals surface area (Å²) >= 11 is 0. The van der Waals surface area contributed by atoms with Crippen LogP contribution in [0.2, 0.25) is 0 Å². The molecule has 0 spiro atoms. The van der Waals surface area contributed by atoms with E-state index in [9.17, 15) is 0 Å². The lowest BCUT2D eigenvalue weighted by Crippen LogP contribution is -2.31. The van der Waals surface area contributed by atoms with Gasteiger partial charge in [-0.2, -0.15) is 0 Å². The zero-order chi connectivity index (χ0) is 11.5. The first-order chi connectivity index (χ1) is 7.68. The van der Waals surface area contributed by atoms with Gasteiger partial charge in [0.2, 0.25) is 5.95 Å². The molecule has 1 aliphatic heterocycles. The van der Waals surface area contributed by atoms with Crippen LogP contribution in [0.3, 0.4) is 0 Å².